The summed E-state index contributed by atoms with van der Waals surface area (Å²) in [5, 5.41) is 13.8. The molecule has 0 heterocycles. The molecule has 1 unspecified atom stereocenters. The summed E-state index contributed by atoms with van der Waals surface area (Å²) in [4.78, 5) is -0.133. The minimum absolute atomic E-state index is 0.0666. The van der Waals surface area contributed by atoms with Crippen molar-refractivity contribution in [3.8, 4) is 5.75 Å². The van der Waals surface area contributed by atoms with Crippen LogP contribution in [0.4, 0.5) is 0 Å². The molecule has 1 aliphatic rings. The van der Waals surface area contributed by atoms with Gasteiger partial charge in [0.05, 0.1) is 23.0 Å². The van der Waals surface area contributed by atoms with Crippen LogP contribution in [0, 0.1) is 13.8 Å². The van der Waals surface area contributed by atoms with E-state index >= 15 is 0 Å². The predicted octanol–water partition coefficient (Wildman–Crippen LogP) is 4.69. The van der Waals surface area contributed by atoms with Crippen molar-refractivity contribution >= 4 is 20.2 Å². The molecule has 0 bridgehead atoms. The maximum atomic E-state index is 10.5. The van der Waals surface area contributed by atoms with Crippen LogP contribution in [0.2, 0.25) is 0 Å². The normalized spacial score (nSPS) is 15.3. The Balaban J connectivity index is 0.000000217. The van der Waals surface area contributed by atoms with Crippen molar-refractivity contribution in [3.63, 3.8) is 0 Å². The van der Waals surface area contributed by atoms with Crippen molar-refractivity contribution in [2.75, 3.05) is 13.7 Å². The van der Waals surface area contributed by atoms with Gasteiger partial charge in [-0.2, -0.15) is 16.8 Å². The van der Waals surface area contributed by atoms with Gasteiger partial charge in [-0.25, -0.2) is 0 Å². The predicted molar refractivity (Wildman–Crippen MR) is 178 cm³/mol. The van der Waals surface area contributed by atoms with Gasteiger partial charge in [0, 0.05) is 18.6 Å². The third-order valence-corrected chi connectivity index (χ3v) is 9.19. The van der Waals surface area contributed by atoms with E-state index in [0.717, 1.165) is 35.3 Å². The van der Waals surface area contributed by atoms with Gasteiger partial charge in [0.15, 0.2) is 0 Å². The number of fused-ring (bicyclic) bond motifs is 1. The van der Waals surface area contributed by atoms with Gasteiger partial charge >= 0.3 is 0 Å². The van der Waals surface area contributed by atoms with Crippen molar-refractivity contribution < 1.29 is 35.8 Å². The average molecular weight is 671 g/mol. The molecule has 10 nitrogen and oxygen atoms in total. The number of hydrogen-bond acceptors (Lipinski definition) is 8. The Bertz CT molecular complexity index is 1670. The molecule has 3 atom stereocenters. The lowest BCUT2D eigenvalue weighted by Crippen LogP contribution is -2.43. The monoisotopic (exact) mass is 670 g/mol. The summed E-state index contributed by atoms with van der Waals surface area (Å²) in [7, 11) is -6.35. The van der Waals surface area contributed by atoms with Crippen molar-refractivity contribution in [1.29, 1.82) is 0 Å². The van der Waals surface area contributed by atoms with Crippen LogP contribution in [0.25, 0.3) is 0 Å². The molecular weight excluding hydrogens is 629 g/mol. The average Bonchev–Trinajstić information content (AvgIpc) is 3.42. The summed E-state index contributed by atoms with van der Waals surface area (Å²) >= 11 is 0. The zero-order valence-corrected chi connectivity index (χ0v) is 27.7. The largest absolute Gasteiger partial charge is 0.497 e. The summed E-state index contributed by atoms with van der Waals surface area (Å²) in [6.45, 7) is 4.18. The number of nitrogens with two attached hydrogens (primary N) is 1. The van der Waals surface area contributed by atoms with E-state index in [4.69, 9.17) is 19.6 Å². The number of rotatable bonds is 9. The SMILES string of the molecule is COc1ccc2c(c1)C(NC[C@@H](O)[C@@H](N)Cc1ccccc1)CC2.Cc1ccc(S(=O)(=O)O)cc1.Cc1ccc(S(=O)(=O)O)cc1. The van der Waals surface area contributed by atoms with E-state index in [2.05, 4.69) is 17.4 Å². The lowest BCUT2D eigenvalue weighted by Gasteiger charge is -2.22. The first-order chi connectivity index (χ1) is 21.7. The van der Waals surface area contributed by atoms with E-state index in [-0.39, 0.29) is 21.9 Å². The summed E-state index contributed by atoms with van der Waals surface area (Å²) in [5.74, 6) is 0.878. The lowest BCUT2D eigenvalue weighted by atomic mass is 10.0. The minimum atomic E-state index is -4.02. The van der Waals surface area contributed by atoms with E-state index in [9.17, 15) is 21.9 Å². The van der Waals surface area contributed by atoms with Crippen molar-refractivity contribution in [2.45, 2.75) is 61.1 Å². The van der Waals surface area contributed by atoms with Gasteiger partial charge in [-0.3, -0.25) is 9.11 Å². The molecule has 6 N–H and O–H groups in total. The first-order valence-electron chi connectivity index (χ1n) is 14.6. The van der Waals surface area contributed by atoms with Gasteiger partial charge in [-0.05, 0) is 86.2 Å². The maximum absolute atomic E-state index is 10.5. The molecule has 0 fully saturated rings. The summed E-state index contributed by atoms with van der Waals surface area (Å²) in [6.07, 6.45) is 2.21. The Morgan fingerprint density at radius 1 is 0.826 bits per heavy atom. The highest BCUT2D eigenvalue weighted by atomic mass is 32.2. The molecule has 0 saturated heterocycles. The molecule has 12 heteroatoms. The highest BCUT2D eigenvalue weighted by Gasteiger charge is 2.24. The molecule has 0 aliphatic heterocycles. The van der Waals surface area contributed by atoms with Crippen LogP contribution in [0.1, 0.15) is 40.3 Å². The quantitative estimate of drug-likeness (QED) is 0.157. The van der Waals surface area contributed by atoms with Gasteiger partial charge in [0.1, 0.15) is 5.75 Å². The molecule has 248 valence electrons. The molecule has 4 aromatic rings. The van der Waals surface area contributed by atoms with E-state index in [1.807, 2.05) is 50.2 Å². The highest BCUT2D eigenvalue weighted by Crippen LogP contribution is 2.33. The zero-order chi connectivity index (χ0) is 33.9. The van der Waals surface area contributed by atoms with Crippen molar-refractivity contribution in [2.24, 2.45) is 5.73 Å². The molecule has 0 aromatic heterocycles. The standard InChI is InChI=1S/C20H26N2O2.2C7H8O3S/c1-24-16-9-7-15-8-10-19(17(15)12-16)22-13-20(23)18(21)11-14-5-3-2-4-6-14;2*1-6-2-4-7(5-3-6)11(8,9)10/h2-7,9,12,18-20,22-23H,8,10-11,13,21H2,1H3;2*2-5H,1H3,(H,8,9,10)/t18-,19?,20+;;/m0../s1. The molecule has 5 rings (SSSR count). The van der Waals surface area contributed by atoms with Crippen LogP contribution < -0.4 is 15.8 Å². The van der Waals surface area contributed by atoms with E-state index in [1.54, 1.807) is 31.4 Å². The number of hydrogen-bond donors (Lipinski definition) is 5. The fourth-order valence-electron chi connectivity index (χ4n) is 4.78. The first-order valence-corrected chi connectivity index (χ1v) is 17.5. The third kappa shape index (κ3) is 11.6. The summed E-state index contributed by atoms with van der Waals surface area (Å²) in [5.41, 5.74) is 11.9. The number of aliphatic hydroxyl groups is 1. The minimum Gasteiger partial charge on any atom is -0.497 e. The molecule has 0 saturated carbocycles. The fraction of sp³-hybridized carbons (Fsp3) is 0.294. The maximum Gasteiger partial charge on any atom is 0.294 e. The molecule has 1 aliphatic carbocycles. The van der Waals surface area contributed by atoms with Crippen LogP contribution in [0.3, 0.4) is 0 Å². The molecule has 0 amide bonds. The van der Waals surface area contributed by atoms with Gasteiger partial charge in [0.2, 0.25) is 0 Å². The topological polar surface area (TPSA) is 176 Å². The first kappa shape index (κ1) is 36.8. The fourth-order valence-corrected chi connectivity index (χ4v) is 5.74. The Morgan fingerprint density at radius 2 is 1.35 bits per heavy atom. The second kappa shape index (κ2) is 16.8. The van der Waals surface area contributed by atoms with Crippen LogP contribution in [0.5, 0.6) is 5.75 Å². The molecule has 0 radical (unpaired) electrons. The van der Waals surface area contributed by atoms with Crippen LogP contribution >= 0.6 is 0 Å². The second-order valence-corrected chi connectivity index (χ2v) is 13.9. The molecular formula is C34H42N2O8S2. The van der Waals surface area contributed by atoms with Crippen LogP contribution in [0.15, 0.2) is 107 Å². The van der Waals surface area contributed by atoms with Gasteiger partial charge in [-0.15, -0.1) is 0 Å². The Labute approximate surface area is 271 Å². The Hall–Kier alpha value is -3.62. The van der Waals surface area contributed by atoms with Gasteiger partial charge < -0.3 is 20.9 Å². The van der Waals surface area contributed by atoms with Crippen molar-refractivity contribution in [1.82, 2.24) is 5.32 Å². The van der Waals surface area contributed by atoms with Crippen LogP contribution in [-0.2, 0) is 33.1 Å². The summed E-state index contributed by atoms with van der Waals surface area (Å²) < 4.78 is 64.4. The zero-order valence-electron chi connectivity index (χ0n) is 26.1. The number of nitrogens with one attached hydrogen (secondary N) is 1. The highest BCUT2D eigenvalue weighted by molar-refractivity contribution is 7.86. The summed E-state index contributed by atoms with van der Waals surface area (Å²) in [6, 6.07) is 28.3. The Kier molecular flexibility index (Phi) is 13.5. The number of benzene rings is 4. The van der Waals surface area contributed by atoms with Crippen LogP contribution in [-0.4, -0.2) is 56.8 Å². The van der Waals surface area contributed by atoms with E-state index in [1.165, 1.54) is 35.4 Å². The Morgan fingerprint density at radius 3 is 1.83 bits per heavy atom. The number of aryl methyl sites for hydroxylation is 3. The van der Waals surface area contributed by atoms with Gasteiger partial charge in [0.25, 0.3) is 20.2 Å². The number of aliphatic hydroxyl groups excluding tert-OH is 1. The van der Waals surface area contributed by atoms with E-state index < -0.39 is 26.3 Å². The smallest absolute Gasteiger partial charge is 0.294 e. The molecule has 4 aromatic carbocycles. The third-order valence-electron chi connectivity index (χ3n) is 7.45. The van der Waals surface area contributed by atoms with Gasteiger partial charge in [-0.1, -0.05) is 71.8 Å². The van der Waals surface area contributed by atoms with E-state index in [0.29, 0.717) is 13.0 Å². The molecule has 0 spiro atoms. The number of ether oxygens (including phenoxy) is 1. The lowest BCUT2D eigenvalue weighted by molar-refractivity contribution is 0.138. The van der Waals surface area contributed by atoms with Crippen molar-refractivity contribution in [3.05, 3.63) is 125 Å². The molecule has 46 heavy (non-hydrogen) atoms. The number of methoxy groups -OCH3 is 1. The second-order valence-electron chi connectivity index (χ2n) is 11.1.